The molecule has 10 heteroatoms. The van der Waals surface area contributed by atoms with E-state index in [1.807, 2.05) is 23.2 Å². The van der Waals surface area contributed by atoms with E-state index in [1.54, 1.807) is 0 Å². The van der Waals surface area contributed by atoms with Gasteiger partial charge in [-0.05, 0) is 86.2 Å². The van der Waals surface area contributed by atoms with Crippen LogP contribution in [0.1, 0.15) is 78.1 Å². The number of rotatable bonds is 12. The number of aromatic nitrogens is 1. The summed E-state index contributed by atoms with van der Waals surface area (Å²) >= 11 is 0. The zero-order valence-corrected chi connectivity index (χ0v) is 25.4. The van der Waals surface area contributed by atoms with E-state index in [-0.39, 0.29) is 0 Å². The van der Waals surface area contributed by atoms with Crippen LogP contribution in [0, 0.1) is 29.1 Å². The van der Waals surface area contributed by atoms with Gasteiger partial charge in [-0.1, -0.05) is 57.0 Å². The first-order valence-electron chi connectivity index (χ1n) is 15.2. The fourth-order valence-electron chi connectivity index (χ4n) is 7.15. The third-order valence-corrected chi connectivity index (χ3v) is 10.0. The number of alkyl halides is 2. The Morgan fingerprint density at radius 1 is 1.00 bits per heavy atom. The van der Waals surface area contributed by atoms with Gasteiger partial charge in [0.2, 0.25) is 12.4 Å². The van der Waals surface area contributed by atoms with Crippen molar-refractivity contribution in [2.24, 2.45) is 29.1 Å². The molecule has 1 unspecified atom stereocenters. The van der Waals surface area contributed by atoms with Crippen molar-refractivity contribution in [3.05, 3.63) is 54.9 Å². The zero-order chi connectivity index (χ0) is 30.4. The Morgan fingerprint density at radius 2 is 1.55 bits per heavy atom. The van der Waals surface area contributed by atoms with Crippen molar-refractivity contribution in [2.45, 2.75) is 83.3 Å². The first kappa shape index (κ1) is 32.3. The van der Waals surface area contributed by atoms with Crippen LogP contribution >= 0.6 is 0 Å². The van der Waals surface area contributed by atoms with E-state index in [9.17, 15) is 22.0 Å². The van der Waals surface area contributed by atoms with E-state index in [2.05, 4.69) is 55.0 Å². The van der Waals surface area contributed by atoms with Crippen molar-refractivity contribution in [3.8, 4) is 11.1 Å². The molecule has 1 aromatic carbocycles. The van der Waals surface area contributed by atoms with E-state index in [4.69, 9.17) is 9.39 Å². The average Bonchev–Trinajstić information content (AvgIpc) is 2.96. The Kier molecular flexibility index (Phi) is 10.6. The summed E-state index contributed by atoms with van der Waals surface area (Å²) in [5, 5.41) is -4.45. The fraction of sp³-hybridized carbons (Fsp3) is 0.625. The van der Waals surface area contributed by atoms with Crippen LogP contribution in [0.15, 0.2) is 54.9 Å². The van der Waals surface area contributed by atoms with Gasteiger partial charge < -0.3 is 4.74 Å². The SMILES string of the molecule is CCCCC(CC)CO[n+]1ccc(-c2ccccc2)cc1.O=C(OCC(F)(F)S(=O)(=O)O)C12CC3CC(CC(C3)C1)C2. The summed E-state index contributed by atoms with van der Waals surface area (Å²) in [7, 11) is -5.56. The van der Waals surface area contributed by atoms with Gasteiger partial charge in [-0.25, -0.2) is 0 Å². The lowest BCUT2D eigenvalue weighted by Gasteiger charge is -2.55. The minimum Gasteiger partial charge on any atom is -0.458 e. The van der Waals surface area contributed by atoms with Gasteiger partial charge in [0, 0.05) is 16.9 Å². The molecule has 1 N–H and O–H groups in total. The minimum atomic E-state index is -5.56. The Balaban J connectivity index is 0.000000193. The van der Waals surface area contributed by atoms with E-state index in [1.165, 1.54) is 36.8 Å². The highest BCUT2D eigenvalue weighted by molar-refractivity contribution is 7.86. The lowest BCUT2D eigenvalue weighted by molar-refractivity contribution is -0.892. The smallest absolute Gasteiger partial charge is 0.402 e. The van der Waals surface area contributed by atoms with Crippen molar-refractivity contribution in [1.82, 2.24) is 0 Å². The van der Waals surface area contributed by atoms with Gasteiger partial charge in [0.25, 0.3) is 0 Å². The van der Waals surface area contributed by atoms with Gasteiger partial charge in [-0.15, -0.1) is 0 Å². The summed E-state index contributed by atoms with van der Waals surface area (Å²) < 4.78 is 62.2. The van der Waals surface area contributed by atoms with Crippen LogP contribution < -0.4 is 9.57 Å². The number of hydrogen-bond donors (Lipinski definition) is 1. The van der Waals surface area contributed by atoms with Crippen molar-refractivity contribution in [2.75, 3.05) is 13.2 Å². The van der Waals surface area contributed by atoms with E-state index < -0.39 is 33.4 Å². The molecule has 42 heavy (non-hydrogen) atoms. The van der Waals surface area contributed by atoms with E-state index in [0.29, 0.717) is 42.9 Å². The molecule has 1 heterocycles. The van der Waals surface area contributed by atoms with Crippen LogP contribution in [0.25, 0.3) is 11.1 Å². The Hall–Kier alpha value is -2.59. The summed E-state index contributed by atoms with van der Waals surface area (Å²) in [4.78, 5) is 18.1. The summed E-state index contributed by atoms with van der Waals surface area (Å²) in [6.07, 6.45) is 14.2. The van der Waals surface area contributed by atoms with Gasteiger partial charge in [-0.3, -0.25) is 14.2 Å². The van der Waals surface area contributed by atoms with Crippen molar-refractivity contribution in [3.63, 3.8) is 0 Å². The molecule has 0 spiro atoms. The quantitative estimate of drug-likeness (QED) is 0.168. The molecule has 1 aromatic heterocycles. The van der Waals surface area contributed by atoms with Gasteiger partial charge in [0.1, 0.15) is 0 Å². The number of esters is 1. The highest BCUT2D eigenvalue weighted by Crippen LogP contribution is 2.60. The number of nitrogens with zero attached hydrogens (tertiary/aromatic N) is 1. The maximum atomic E-state index is 13.1. The molecule has 4 aliphatic rings. The molecule has 4 aliphatic carbocycles. The lowest BCUT2D eigenvalue weighted by atomic mass is 9.49. The predicted octanol–water partition coefficient (Wildman–Crippen LogP) is 6.51. The molecule has 2 aromatic rings. The molecular formula is C32H44F2NO6S+. The number of halogens is 2. The summed E-state index contributed by atoms with van der Waals surface area (Å²) in [6.45, 7) is 3.66. The molecule has 0 amide bonds. The zero-order valence-electron chi connectivity index (χ0n) is 24.6. The molecule has 4 saturated carbocycles. The predicted molar refractivity (Wildman–Crippen MR) is 155 cm³/mol. The number of carbonyl (C=O) groups is 1. The van der Waals surface area contributed by atoms with Gasteiger partial charge in [0.15, 0.2) is 13.2 Å². The van der Waals surface area contributed by atoms with E-state index >= 15 is 0 Å². The minimum absolute atomic E-state index is 0.450. The third kappa shape index (κ3) is 8.07. The van der Waals surface area contributed by atoms with Crippen LogP contribution in [0.4, 0.5) is 8.78 Å². The molecule has 1 atom stereocenters. The van der Waals surface area contributed by atoms with Crippen LogP contribution in [-0.2, 0) is 19.6 Å². The van der Waals surface area contributed by atoms with Crippen LogP contribution in [0.5, 0.6) is 0 Å². The number of carbonyl (C=O) groups excluding carboxylic acids is 1. The highest BCUT2D eigenvalue weighted by Gasteiger charge is 2.56. The molecule has 0 aliphatic heterocycles. The molecule has 0 radical (unpaired) electrons. The topological polar surface area (TPSA) is 93.8 Å². The summed E-state index contributed by atoms with van der Waals surface area (Å²) in [5.41, 5.74) is 1.73. The van der Waals surface area contributed by atoms with Crippen molar-refractivity contribution >= 4 is 16.1 Å². The maximum Gasteiger partial charge on any atom is 0.402 e. The van der Waals surface area contributed by atoms with Gasteiger partial charge in [-0.2, -0.15) is 17.2 Å². The summed E-state index contributed by atoms with van der Waals surface area (Å²) in [5.74, 6) is 1.28. The van der Waals surface area contributed by atoms with Gasteiger partial charge >= 0.3 is 21.3 Å². The Bertz CT molecular complexity index is 1230. The van der Waals surface area contributed by atoms with Crippen molar-refractivity contribution in [1.29, 1.82) is 0 Å². The molecule has 232 valence electrons. The highest BCUT2D eigenvalue weighted by atomic mass is 32.2. The number of pyridine rings is 1. The van der Waals surface area contributed by atoms with Gasteiger partial charge in [0.05, 0.1) is 5.41 Å². The number of ether oxygens (including phenoxy) is 1. The standard InChI is InChI=1S/C19H26NO.C13H18F2O5S/c1-3-5-9-17(4-2)16-21-20-14-12-19(13-15-20)18-10-7-6-8-11-18;14-13(15,21(17,18)19)7-20-11(16)12-4-8-1-9(5-12)3-10(2-8)6-12/h6-8,10-15,17H,3-5,9,16H2,1-2H3;8-10H,1-7H2,(H,17,18,19)/q+1;. The second kappa shape index (κ2) is 13.8. The monoisotopic (exact) mass is 608 g/mol. The van der Waals surface area contributed by atoms with Crippen LogP contribution in [-0.4, -0.2) is 37.4 Å². The molecular weight excluding hydrogens is 564 g/mol. The molecule has 6 rings (SSSR count). The second-order valence-corrected chi connectivity index (χ2v) is 14.0. The fourth-order valence-corrected chi connectivity index (χ4v) is 7.36. The molecule has 4 bridgehead atoms. The summed E-state index contributed by atoms with van der Waals surface area (Å²) in [6, 6.07) is 14.6. The third-order valence-electron chi connectivity index (χ3n) is 9.13. The normalized spacial score (nSPS) is 25.3. The number of hydrogen-bond acceptors (Lipinski definition) is 5. The van der Waals surface area contributed by atoms with Crippen LogP contribution in [0.3, 0.4) is 0 Å². The second-order valence-electron chi connectivity index (χ2n) is 12.4. The van der Waals surface area contributed by atoms with Crippen LogP contribution in [0.2, 0.25) is 0 Å². The number of unbranched alkanes of at least 4 members (excludes halogenated alkanes) is 1. The van der Waals surface area contributed by atoms with Crippen molar-refractivity contribution < 1.29 is 40.9 Å². The lowest BCUT2D eigenvalue weighted by Crippen LogP contribution is -2.51. The Labute approximate surface area is 248 Å². The maximum absolute atomic E-state index is 13.1. The largest absolute Gasteiger partial charge is 0.458 e. The first-order chi connectivity index (χ1) is 19.9. The molecule has 0 saturated heterocycles. The number of benzene rings is 1. The van der Waals surface area contributed by atoms with E-state index in [0.717, 1.165) is 25.9 Å². The molecule has 4 fully saturated rings. The average molecular weight is 609 g/mol. The first-order valence-corrected chi connectivity index (χ1v) is 16.6. The molecule has 7 nitrogen and oxygen atoms in total. The Morgan fingerprint density at radius 3 is 2.05 bits per heavy atom.